The van der Waals surface area contributed by atoms with Gasteiger partial charge in [0.25, 0.3) is 0 Å². The van der Waals surface area contributed by atoms with Crippen molar-refractivity contribution in [1.29, 1.82) is 5.26 Å². The summed E-state index contributed by atoms with van der Waals surface area (Å²) >= 11 is 1.72. The topological polar surface area (TPSA) is 62.1 Å². The monoisotopic (exact) mass is 298 g/mol. The highest BCUT2D eigenvalue weighted by molar-refractivity contribution is 8.00. The third kappa shape index (κ3) is 3.46. The van der Waals surface area contributed by atoms with Gasteiger partial charge in [0.05, 0.1) is 12.1 Å². The Balaban J connectivity index is 2.02. The van der Waals surface area contributed by atoms with Crippen molar-refractivity contribution < 1.29 is 4.86 Å². The highest BCUT2D eigenvalue weighted by atomic mass is 32.2. The SMILES string of the molecule is CCC1SCC(C#N)N1[N+](C)([O-])NC1CCC(C)CC1. The van der Waals surface area contributed by atoms with Gasteiger partial charge in [0.15, 0.2) is 6.04 Å². The van der Waals surface area contributed by atoms with Crippen LogP contribution in [0.25, 0.3) is 0 Å². The number of nitrogens with one attached hydrogen (secondary N) is 1. The standard InChI is InChI=1S/C14H26N4OS/c1-4-14-17(13(9-15)10-20-14)18(3,19)16-12-7-5-11(2)6-8-12/h11-14,16H,4-8,10H2,1-3H3. The fourth-order valence-electron chi connectivity index (χ4n) is 3.26. The third-order valence-corrected chi connectivity index (χ3v) is 5.88. The second kappa shape index (κ2) is 6.63. The van der Waals surface area contributed by atoms with Gasteiger partial charge in [0.2, 0.25) is 0 Å². The largest absolute Gasteiger partial charge is 0.591 e. The lowest BCUT2D eigenvalue weighted by Crippen LogP contribution is -2.67. The minimum absolute atomic E-state index is 0.136. The van der Waals surface area contributed by atoms with E-state index in [1.807, 2.05) is 0 Å². The Morgan fingerprint density at radius 3 is 2.60 bits per heavy atom. The zero-order valence-electron chi connectivity index (χ0n) is 12.7. The van der Waals surface area contributed by atoms with E-state index >= 15 is 0 Å². The van der Waals surface area contributed by atoms with Gasteiger partial charge in [-0.2, -0.15) is 5.26 Å². The van der Waals surface area contributed by atoms with E-state index in [9.17, 15) is 10.5 Å². The van der Waals surface area contributed by atoms with Gasteiger partial charge in [-0.1, -0.05) is 13.8 Å². The van der Waals surface area contributed by atoms with Crippen molar-refractivity contribution in [3.8, 4) is 6.07 Å². The lowest BCUT2D eigenvalue weighted by atomic mass is 9.88. The molecule has 5 nitrogen and oxygen atoms in total. The maximum absolute atomic E-state index is 13.0. The van der Waals surface area contributed by atoms with Crippen LogP contribution in [0.1, 0.15) is 46.0 Å². The Bertz CT molecular complexity index is 363. The van der Waals surface area contributed by atoms with Gasteiger partial charge in [0.1, 0.15) is 12.4 Å². The molecule has 3 atom stereocenters. The summed E-state index contributed by atoms with van der Waals surface area (Å²) < 4.78 is 0. The average Bonchev–Trinajstić information content (AvgIpc) is 2.85. The van der Waals surface area contributed by atoms with Crippen molar-refractivity contribution in [2.24, 2.45) is 5.92 Å². The van der Waals surface area contributed by atoms with Crippen LogP contribution in [0.4, 0.5) is 0 Å². The molecule has 0 amide bonds. The number of hydroxylamine groups is 1. The van der Waals surface area contributed by atoms with Gasteiger partial charge in [-0.3, -0.25) is 0 Å². The van der Waals surface area contributed by atoms with Gasteiger partial charge in [-0.05, 0) is 38.0 Å². The van der Waals surface area contributed by atoms with E-state index in [4.69, 9.17) is 0 Å². The molecule has 114 valence electrons. The Morgan fingerprint density at radius 1 is 1.40 bits per heavy atom. The first kappa shape index (κ1) is 16.1. The number of nitriles is 1. The van der Waals surface area contributed by atoms with Crippen molar-refractivity contribution in [2.45, 2.75) is 63.4 Å². The first-order valence-corrected chi connectivity index (χ1v) is 8.68. The predicted molar refractivity (Wildman–Crippen MR) is 81.9 cm³/mol. The molecule has 2 aliphatic rings. The fraction of sp³-hybridized carbons (Fsp3) is 0.929. The van der Waals surface area contributed by atoms with Gasteiger partial charge >= 0.3 is 0 Å². The molecular weight excluding hydrogens is 272 g/mol. The van der Waals surface area contributed by atoms with Crippen LogP contribution in [0.3, 0.4) is 0 Å². The van der Waals surface area contributed by atoms with E-state index in [1.54, 1.807) is 23.8 Å². The van der Waals surface area contributed by atoms with Gasteiger partial charge in [-0.25, -0.2) is 4.86 Å². The number of hydrogen-bond donors (Lipinski definition) is 1. The van der Waals surface area contributed by atoms with Crippen LogP contribution in [0.5, 0.6) is 0 Å². The van der Waals surface area contributed by atoms with Crippen molar-refractivity contribution in [1.82, 2.24) is 10.4 Å². The van der Waals surface area contributed by atoms with Crippen LogP contribution in [0.15, 0.2) is 0 Å². The Kier molecular flexibility index (Phi) is 5.32. The lowest BCUT2D eigenvalue weighted by molar-refractivity contribution is -1.02. The minimum Gasteiger partial charge on any atom is -0.591 e. The number of rotatable bonds is 4. The average molecular weight is 298 g/mol. The normalized spacial score (nSPS) is 38.4. The highest BCUT2D eigenvalue weighted by Crippen LogP contribution is 2.34. The summed E-state index contributed by atoms with van der Waals surface area (Å²) in [6.45, 7) is 4.35. The van der Waals surface area contributed by atoms with Gasteiger partial charge in [-0.15, -0.1) is 22.2 Å². The van der Waals surface area contributed by atoms with Crippen molar-refractivity contribution in [3.63, 3.8) is 0 Å². The molecule has 0 spiro atoms. The second-order valence-corrected chi connectivity index (χ2v) is 7.40. The molecular formula is C14H26N4OS. The molecule has 1 aliphatic carbocycles. The molecule has 0 aromatic rings. The quantitative estimate of drug-likeness (QED) is 0.638. The summed E-state index contributed by atoms with van der Waals surface area (Å²) in [4.78, 5) is -0.608. The van der Waals surface area contributed by atoms with Crippen LogP contribution in [0.2, 0.25) is 0 Å². The van der Waals surface area contributed by atoms with E-state index < -0.39 is 4.86 Å². The van der Waals surface area contributed by atoms with E-state index in [-0.39, 0.29) is 17.5 Å². The highest BCUT2D eigenvalue weighted by Gasteiger charge is 2.43. The van der Waals surface area contributed by atoms with Gasteiger partial charge < -0.3 is 5.21 Å². The summed E-state index contributed by atoms with van der Waals surface area (Å²) in [6.07, 6.45) is 5.39. The zero-order valence-corrected chi connectivity index (χ0v) is 13.5. The number of thioether (sulfide) groups is 1. The maximum atomic E-state index is 13.0. The third-order valence-electron chi connectivity index (χ3n) is 4.44. The van der Waals surface area contributed by atoms with Crippen molar-refractivity contribution in [3.05, 3.63) is 5.21 Å². The van der Waals surface area contributed by atoms with Crippen molar-refractivity contribution in [2.75, 3.05) is 12.8 Å². The number of nitrogens with zero attached hydrogens (tertiary/aromatic N) is 3. The molecule has 0 aromatic heterocycles. The fourth-order valence-corrected chi connectivity index (χ4v) is 4.61. The first-order valence-electron chi connectivity index (χ1n) is 7.63. The molecule has 3 unspecified atom stereocenters. The summed E-state index contributed by atoms with van der Waals surface area (Å²) in [6, 6.07) is 2.26. The first-order chi connectivity index (χ1) is 9.47. The predicted octanol–water partition coefficient (Wildman–Crippen LogP) is 2.61. The van der Waals surface area contributed by atoms with Crippen LogP contribution in [-0.4, -0.2) is 40.1 Å². The summed E-state index contributed by atoms with van der Waals surface area (Å²) in [7, 11) is 1.64. The van der Waals surface area contributed by atoms with E-state index in [1.165, 1.54) is 12.8 Å². The van der Waals surface area contributed by atoms with Crippen LogP contribution in [-0.2, 0) is 0 Å². The van der Waals surface area contributed by atoms with Gasteiger partial charge in [0, 0.05) is 5.75 Å². The molecule has 2 rings (SSSR count). The lowest BCUT2D eigenvalue weighted by Gasteiger charge is -2.49. The Hall–Kier alpha value is -0.320. The Labute approximate surface area is 126 Å². The van der Waals surface area contributed by atoms with Crippen LogP contribution >= 0.6 is 11.8 Å². The molecule has 1 aliphatic heterocycles. The van der Waals surface area contributed by atoms with Crippen molar-refractivity contribution >= 4 is 11.8 Å². The molecule has 0 bridgehead atoms. The molecule has 1 heterocycles. The van der Waals surface area contributed by atoms with E-state index in [0.717, 1.165) is 30.9 Å². The summed E-state index contributed by atoms with van der Waals surface area (Å²) in [5, 5.41) is 24.2. The minimum atomic E-state index is -0.608. The molecule has 1 saturated carbocycles. The molecule has 2 fully saturated rings. The maximum Gasteiger partial charge on any atom is 0.157 e. The second-order valence-electron chi connectivity index (χ2n) is 6.19. The van der Waals surface area contributed by atoms with E-state index in [0.29, 0.717) is 0 Å². The molecule has 20 heavy (non-hydrogen) atoms. The van der Waals surface area contributed by atoms with Crippen LogP contribution < -0.4 is 5.43 Å². The molecule has 0 radical (unpaired) electrons. The molecule has 6 heteroatoms. The van der Waals surface area contributed by atoms with Crippen LogP contribution in [0, 0.1) is 22.5 Å². The number of hydrogen-bond acceptors (Lipinski definition) is 5. The summed E-state index contributed by atoms with van der Waals surface area (Å²) in [5.74, 6) is 1.50. The zero-order chi connectivity index (χ0) is 14.8. The number of quaternary nitrogens is 1. The smallest absolute Gasteiger partial charge is 0.157 e. The summed E-state index contributed by atoms with van der Waals surface area (Å²) in [5.41, 5.74) is 3.23. The van der Waals surface area contributed by atoms with E-state index in [2.05, 4.69) is 25.3 Å². The molecule has 1 saturated heterocycles. The Morgan fingerprint density at radius 2 is 2.05 bits per heavy atom. The molecule has 1 N–H and O–H groups in total. The molecule has 0 aromatic carbocycles.